The quantitative estimate of drug-likeness (QED) is 0.875. The highest BCUT2D eigenvalue weighted by molar-refractivity contribution is 5.26. The van der Waals surface area contributed by atoms with Gasteiger partial charge in [-0.3, -0.25) is 0 Å². The molecule has 0 spiro atoms. The average molecular weight is 269 g/mol. The van der Waals surface area contributed by atoms with E-state index >= 15 is 0 Å². The number of hydrogen-bond acceptors (Lipinski definition) is 4. The lowest BCUT2D eigenvalue weighted by atomic mass is 10.1. The van der Waals surface area contributed by atoms with E-state index in [2.05, 4.69) is 15.3 Å². The van der Waals surface area contributed by atoms with E-state index < -0.39 is 0 Å². The molecule has 20 heavy (non-hydrogen) atoms. The van der Waals surface area contributed by atoms with Crippen LogP contribution in [0.4, 0.5) is 5.95 Å². The fourth-order valence-electron chi connectivity index (χ4n) is 2.10. The van der Waals surface area contributed by atoms with Crippen molar-refractivity contribution in [2.45, 2.75) is 19.8 Å². The van der Waals surface area contributed by atoms with E-state index in [1.807, 2.05) is 43.3 Å². The molecule has 4 nitrogen and oxygen atoms in total. The molecule has 104 valence electrons. The second-order valence-electron chi connectivity index (χ2n) is 5.48. The van der Waals surface area contributed by atoms with E-state index in [0.29, 0.717) is 5.95 Å². The van der Waals surface area contributed by atoms with Gasteiger partial charge >= 0.3 is 0 Å². The summed E-state index contributed by atoms with van der Waals surface area (Å²) in [6.45, 7) is 3.58. The van der Waals surface area contributed by atoms with Gasteiger partial charge in [0, 0.05) is 23.9 Å². The van der Waals surface area contributed by atoms with Crippen LogP contribution in [0.1, 0.15) is 18.5 Å². The minimum absolute atomic E-state index is 0.239. The molecule has 1 aliphatic carbocycles. The Labute approximate surface area is 119 Å². The van der Waals surface area contributed by atoms with Crippen LogP contribution in [0.15, 0.2) is 42.6 Å². The summed E-state index contributed by atoms with van der Waals surface area (Å²) in [6, 6.07) is 11.9. The fourth-order valence-corrected chi connectivity index (χ4v) is 2.10. The number of nitrogens with one attached hydrogen (secondary N) is 1. The fraction of sp³-hybridized carbons (Fsp3) is 0.375. The number of anilines is 1. The third-order valence-electron chi connectivity index (χ3n) is 3.66. The summed E-state index contributed by atoms with van der Waals surface area (Å²) < 4.78 is 5.86. The molecule has 4 heteroatoms. The molecule has 0 amide bonds. The smallest absolute Gasteiger partial charge is 0.222 e. The van der Waals surface area contributed by atoms with Crippen molar-refractivity contribution in [2.24, 2.45) is 5.41 Å². The molecule has 1 saturated carbocycles. The zero-order chi connectivity index (χ0) is 13.8. The van der Waals surface area contributed by atoms with Gasteiger partial charge in [-0.15, -0.1) is 0 Å². The van der Waals surface area contributed by atoms with Gasteiger partial charge < -0.3 is 10.1 Å². The summed E-state index contributed by atoms with van der Waals surface area (Å²) in [4.78, 5) is 8.58. The Bertz CT molecular complexity index is 567. The predicted molar refractivity (Wildman–Crippen MR) is 78.9 cm³/mol. The largest absolute Gasteiger partial charge is 0.493 e. The molecule has 0 bridgehead atoms. The maximum atomic E-state index is 5.86. The summed E-state index contributed by atoms with van der Waals surface area (Å²) in [5.74, 6) is 1.64. The zero-order valence-corrected chi connectivity index (χ0v) is 11.7. The highest BCUT2D eigenvalue weighted by Gasteiger charge is 2.43. The van der Waals surface area contributed by atoms with E-state index in [0.717, 1.165) is 24.6 Å². The average Bonchev–Trinajstić information content (AvgIpc) is 3.25. The Morgan fingerprint density at radius 2 is 2.00 bits per heavy atom. The Hall–Kier alpha value is -2.10. The number of rotatable bonds is 6. The standard InChI is InChI=1S/C16H19N3O/c1-13-7-10-17-15(19-13)18-11-16(8-9-16)12-20-14-5-3-2-4-6-14/h2-7,10H,8-9,11-12H2,1H3,(H,17,18,19). The van der Waals surface area contributed by atoms with Crippen molar-refractivity contribution >= 4 is 5.95 Å². The van der Waals surface area contributed by atoms with Crippen molar-refractivity contribution in [2.75, 3.05) is 18.5 Å². The molecule has 0 unspecified atom stereocenters. The van der Waals surface area contributed by atoms with E-state index in [1.165, 1.54) is 12.8 Å². The molecule has 0 radical (unpaired) electrons. The second-order valence-corrected chi connectivity index (χ2v) is 5.48. The topological polar surface area (TPSA) is 47.0 Å². The minimum atomic E-state index is 0.239. The van der Waals surface area contributed by atoms with Crippen LogP contribution in [0.2, 0.25) is 0 Å². The van der Waals surface area contributed by atoms with Crippen LogP contribution in [0.25, 0.3) is 0 Å². The van der Waals surface area contributed by atoms with Gasteiger partial charge in [-0.05, 0) is 38.0 Å². The molecule has 1 heterocycles. The molecule has 2 aromatic rings. The summed E-state index contributed by atoms with van der Waals surface area (Å²) in [5.41, 5.74) is 1.22. The number of nitrogens with zero attached hydrogens (tertiary/aromatic N) is 2. The number of aryl methyl sites for hydroxylation is 1. The van der Waals surface area contributed by atoms with Crippen molar-refractivity contribution in [1.29, 1.82) is 0 Å². The molecule has 1 aromatic heterocycles. The third-order valence-corrected chi connectivity index (χ3v) is 3.66. The molecular formula is C16H19N3O. The van der Waals surface area contributed by atoms with Crippen LogP contribution in [-0.2, 0) is 0 Å². The first-order chi connectivity index (χ1) is 9.76. The zero-order valence-electron chi connectivity index (χ0n) is 11.7. The molecule has 3 rings (SSSR count). The van der Waals surface area contributed by atoms with Gasteiger partial charge in [0.1, 0.15) is 5.75 Å². The molecule has 0 aliphatic heterocycles. The van der Waals surface area contributed by atoms with Crippen LogP contribution in [0.5, 0.6) is 5.75 Å². The molecule has 0 atom stereocenters. The van der Waals surface area contributed by atoms with Crippen molar-refractivity contribution in [3.05, 3.63) is 48.3 Å². The number of hydrogen-bond donors (Lipinski definition) is 1. The predicted octanol–water partition coefficient (Wildman–Crippen LogP) is 3.06. The van der Waals surface area contributed by atoms with Gasteiger partial charge in [0.05, 0.1) is 6.61 Å². The van der Waals surface area contributed by atoms with E-state index in [9.17, 15) is 0 Å². The highest BCUT2D eigenvalue weighted by Crippen LogP contribution is 2.45. The first-order valence-corrected chi connectivity index (χ1v) is 6.97. The third kappa shape index (κ3) is 3.26. The van der Waals surface area contributed by atoms with Crippen molar-refractivity contribution in [1.82, 2.24) is 9.97 Å². The van der Waals surface area contributed by atoms with Gasteiger partial charge in [-0.2, -0.15) is 0 Å². The lowest BCUT2D eigenvalue weighted by Gasteiger charge is -2.17. The van der Waals surface area contributed by atoms with E-state index in [1.54, 1.807) is 6.20 Å². The normalized spacial score (nSPS) is 15.7. The number of benzene rings is 1. The minimum Gasteiger partial charge on any atom is -0.493 e. The second kappa shape index (κ2) is 5.49. The van der Waals surface area contributed by atoms with Gasteiger partial charge in [0.15, 0.2) is 0 Å². The summed E-state index contributed by atoms with van der Waals surface area (Å²) >= 11 is 0. The lowest BCUT2D eigenvalue weighted by molar-refractivity contribution is 0.242. The molecule has 1 N–H and O–H groups in total. The van der Waals surface area contributed by atoms with Crippen LogP contribution in [0, 0.1) is 12.3 Å². The first-order valence-electron chi connectivity index (χ1n) is 6.97. The maximum absolute atomic E-state index is 5.86. The number of aromatic nitrogens is 2. The Balaban J connectivity index is 1.52. The molecule has 1 aliphatic rings. The van der Waals surface area contributed by atoms with Gasteiger partial charge in [0.2, 0.25) is 5.95 Å². The highest BCUT2D eigenvalue weighted by atomic mass is 16.5. The monoisotopic (exact) mass is 269 g/mol. The van der Waals surface area contributed by atoms with Gasteiger partial charge in [-0.25, -0.2) is 9.97 Å². The lowest BCUT2D eigenvalue weighted by Crippen LogP contribution is -2.23. The Morgan fingerprint density at radius 1 is 1.20 bits per heavy atom. The van der Waals surface area contributed by atoms with Crippen molar-refractivity contribution in [3.8, 4) is 5.75 Å². The van der Waals surface area contributed by atoms with E-state index in [-0.39, 0.29) is 5.41 Å². The molecule has 1 aromatic carbocycles. The van der Waals surface area contributed by atoms with Crippen LogP contribution in [0.3, 0.4) is 0 Å². The summed E-state index contributed by atoms with van der Waals surface area (Å²) in [7, 11) is 0. The summed E-state index contributed by atoms with van der Waals surface area (Å²) in [5, 5.41) is 3.32. The SMILES string of the molecule is Cc1ccnc(NCC2(COc3ccccc3)CC2)n1. The van der Waals surface area contributed by atoms with E-state index in [4.69, 9.17) is 4.74 Å². The van der Waals surface area contributed by atoms with Crippen LogP contribution >= 0.6 is 0 Å². The first kappa shape index (κ1) is 12.9. The van der Waals surface area contributed by atoms with Crippen LogP contribution in [-0.4, -0.2) is 23.1 Å². The molecule has 0 saturated heterocycles. The van der Waals surface area contributed by atoms with Crippen LogP contribution < -0.4 is 10.1 Å². The van der Waals surface area contributed by atoms with Crippen molar-refractivity contribution in [3.63, 3.8) is 0 Å². The molecular weight excluding hydrogens is 250 g/mol. The molecule has 1 fully saturated rings. The summed E-state index contributed by atoms with van der Waals surface area (Å²) in [6.07, 6.45) is 4.17. The number of ether oxygens (including phenoxy) is 1. The Kier molecular flexibility index (Phi) is 3.54. The van der Waals surface area contributed by atoms with Gasteiger partial charge in [0.25, 0.3) is 0 Å². The van der Waals surface area contributed by atoms with Gasteiger partial charge in [-0.1, -0.05) is 18.2 Å². The maximum Gasteiger partial charge on any atom is 0.222 e. The number of para-hydroxylation sites is 1. The van der Waals surface area contributed by atoms with Crippen molar-refractivity contribution < 1.29 is 4.74 Å². The Morgan fingerprint density at radius 3 is 2.70 bits per heavy atom.